The number of benzene rings is 1. The summed E-state index contributed by atoms with van der Waals surface area (Å²) in [5.74, 6) is 0.532. The molecule has 2 aliphatic rings. The van der Waals surface area contributed by atoms with Gasteiger partial charge in [-0.3, -0.25) is 4.79 Å². The van der Waals surface area contributed by atoms with E-state index in [2.05, 4.69) is 5.32 Å². The highest BCUT2D eigenvalue weighted by molar-refractivity contribution is 7.89. The second-order valence-corrected chi connectivity index (χ2v) is 9.20. The Hall–Kier alpha value is -1.68. The molecule has 156 valence electrons. The fraction of sp³-hybridized carbons (Fsp3) is 0.632. The Kier molecular flexibility index (Phi) is 7.28. The number of sulfonamides is 1. The first kappa shape index (κ1) is 21.0. The third-order valence-electron chi connectivity index (χ3n) is 5.50. The lowest BCUT2D eigenvalue weighted by atomic mass is 9.97. The van der Waals surface area contributed by atoms with Gasteiger partial charge in [-0.15, -0.1) is 0 Å². The summed E-state index contributed by atoms with van der Waals surface area (Å²) in [6.45, 7) is 5.81. The van der Waals surface area contributed by atoms with Crippen LogP contribution in [-0.4, -0.2) is 78.2 Å². The van der Waals surface area contributed by atoms with Gasteiger partial charge >= 0.3 is 0 Å². The van der Waals surface area contributed by atoms with Gasteiger partial charge in [-0.05, 0) is 37.1 Å². The number of morpholine rings is 1. The van der Waals surface area contributed by atoms with E-state index in [0.29, 0.717) is 38.2 Å². The van der Waals surface area contributed by atoms with E-state index >= 15 is 0 Å². The number of methoxy groups -OCH3 is 1. The number of hydrogen-bond acceptors (Lipinski definition) is 5. The predicted octanol–water partition coefficient (Wildman–Crippen LogP) is -0.873. The Labute approximate surface area is 166 Å². The molecule has 2 N–H and O–H groups in total. The number of ether oxygens (including phenoxy) is 2. The molecule has 0 unspecified atom stereocenters. The Morgan fingerprint density at radius 1 is 1.21 bits per heavy atom. The summed E-state index contributed by atoms with van der Waals surface area (Å²) in [4.78, 5) is 14.1. The van der Waals surface area contributed by atoms with Crippen LogP contribution in [0, 0.1) is 5.92 Å². The molecule has 0 atom stereocenters. The molecule has 1 amide bonds. The molecule has 28 heavy (non-hydrogen) atoms. The first-order chi connectivity index (χ1) is 13.5. The molecule has 1 aromatic carbocycles. The maximum atomic E-state index is 12.8. The van der Waals surface area contributed by atoms with Crippen LogP contribution in [0.25, 0.3) is 0 Å². The molecule has 2 fully saturated rings. The van der Waals surface area contributed by atoms with Crippen LogP contribution in [0.1, 0.15) is 12.8 Å². The van der Waals surface area contributed by atoms with Crippen LogP contribution in [0.4, 0.5) is 0 Å². The number of nitrogens with one attached hydrogen (secondary N) is 2. The zero-order chi connectivity index (χ0) is 20.0. The number of piperidine rings is 1. The first-order valence-corrected chi connectivity index (χ1v) is 11.3. The second kappa shape index (κ2) is 9.69. The van der Waals surface area contributed by atoms with Crippen LogP contribution in [0.5, 0.6) is 5.75 Å². The van der Waals surface area contributed by atoms with Gasteiger partial charge in [0.1, 0.15) is 18.8 Å². The highest BCUT2D eigenvalue weighted by Gasteiger charge is 2.32. The lowest BCUT2D eigenvalue weighted by Crippen LogP contribution is -3.14. The van der Waals surface area contributed by atoms with Gasteiger partial charge in [0.2, 0.25) is 15.9 Å². The van der Waals surface area contributed by atoms with Crippen molar-refractivity contribution < 1.29 is 27.6 Å². The average Bonchev–Trinajstić information content (AvgIpc) is 2.74. The monoisotopic (exact) mass is 412 g/mol. The molecule has 2 saturated heterocycles. The minimum Gasteiger partial charge on any atom is -0.497 e. The smallest absolute Gasteiger partial charge is 0.243 e. The van der Waals surface area contributed by atoms with Gasteiger partial charge in [0.25, 0.3) is 0 Å². The molecule has 0 saturated carbocycles. The molecular formula is C19H30N3O5S+. The van der Waals surface area contributed by atoms with E-state index in [1.165, 1.54) is 9.21 Å². The Balaban J connectivity index is 1.45. The van der Waals surface area contributed by atoms with Crippen LogP contribution < -0.4 is 15.0 Å². The number of nitrogens with zero attached hydrogens (tertiary/aromatic N) is 1. The molecule has 2 aliphatic heterocycles. The van der Waals surface area contributed by atoms with Crippen LogP contribution >= 0.6 is 0 Å². The largest absolute Gasteiger partial charge is 0.497 e. The number of amides is 1. The zero-order valence-electron chi connectivity index (χ0n) is 16.4. The van der Waals surface area contributed by atoms with Gasteiger partial charge < -0.3 is 19.7 Å². The SMILES string of the molecule is COc1ccc(S(=O)(=O)N2CCC(C(=O)NCC[NH+]3CCOCC3)CC2)cc1. The van der Waals surface area contributed by atoms with Crippen LogP contribution in [-0.2, 0) is 19.6 Å². The number of carbonyl (C=O) groups is 1. The standard InChI is InChI=1S/C19H29N3O5S/c1-26-17-2-4-18(5-3-17)28(24,25)22-9-6-16(7-10-22)19(23)20-8-11-21-12-14-27-15-13-21/h2-5,16H,6-15H2,1H3,(H,20,23)/p+1. The summed E-state index contributed by atoms with van der Waals surface area (Å²) >= 11 is 0. The Bertz CT molecular complexity index is 739. The molecular weight excluding hydrogens is 382 g/mol. The van der Waals surface area contributed by atoms with Crippen LogP contribution in [0.15, 0.2) is 29.2 Å². The van der Waals surface area contributed by atoms with Crippen molar-refractivity contribution in [1.29, 1.82) is 0 Å². The summed E-state index contributed by atoms with van der Waals surface area (Å²) in [6, 6.07) is 6.40. The molecule has 0 aliphatic carbocycles. The highest BCUT2D eigenvalue weighted by atomic mass is 32.2. The number of hydrogen-bond donors (Lipinski definition) is 2. The molecule has 0 aromatic heterocycles. The Morgan fingerprint density at radius 2 is 1.86 bits per heavy atom. The minimum absolute atomic E-state index is 0.0363. The quantitative estimate of drug-likeness (QED) is 0.608. The van der Waals surface area contributed by atoms with Crippen molar-refractivity contribution in [2.45, 2.75) is 17.7 Å². The summed E-state index contributed by atoms with van der Waals surface area (Å²) < 4.78 is 37.4. The number of carbonyl (C=O) groups excluding carboxylic acids is 1. The number of quaternary nitrogens is 1. The lowest BCUT2D eigenvalue weighted by Gasteiger charge is -2.30. The van der Waals surface area contributed by atoms with E-state index in [-0.39, 0.29) is 16.7 Å². The van der Waals surface area contributed by atoms with Gasteiger partial charge in [0, 0.05) is 19.0 Å². The molecule has 0 spiro atoms. The maximum absolute atomic E-state index is 12.8. The summed E-state index contributed by atoms with van der Waals surface area (Å²) in [5, 5.41) is 3.02. The Morgan fingerprint density at radius 3 is 2.46 bits per heavy atom. The van der Waals surface area contributed by atoms with Crippen molar-refractivity contribution in [3.05, 3.63) is 24.3 Å². The van der Waals surface area contributed by atoms with Crippen molar-refractivity contribution in [2.24, 2.45) is 5.92 Å². The van der Waals surface area contributed by atoms with E-state index in [1.54, 1.807) is 31.4 Å². The predicted molar refractivity (Wildman–Crippen MR) is 104 cm³/mol. The maximum Gasteiger partial charge on any atom is 0.243 e. The van der Waals surface area contributed by atoms with Crippen LogP contribution in [0.2, 0.25) is 0 Å². The van der Waals surface area contributed by atoms with E-state index in [4.69, 9.17) is 9.47 Å². The lowest BCUT2D eigenvalue weighted by molar-refractivity contribution is -0.906. The van der Waals surface area contributed by atoms with E-state index < -0.39 is 10.0 Å². The first-order valence-electron chi connectivity index (χ1n) is 9.84. The van der Waals surface area contributed by atoms with E-state index in [1.807, 2.05) is 0 Å². The average molecular weight is 413 g/mol. The third kappa shape index (κ3) is 5.22. The summed E-state index contributed by atoms with van der Waals surface area (Å²) in [5.41, 5.74) is 0. The second-order valence-electron chi connectivity index (χ2n) is 7.26. The molecule has 3 rings (SSSR count). The topological polar surface area (TPSA) is 89.4 Å². The minimum atomic E-state index is -3.54. The van der Waals surface area contributed by atoms with E-state index in [0.717, 1.165) is 32.8 Å². The van der Waals surface area contributed by atoms with Crippen molar-refractivity contribution >= 4 is 15.9 Å². The fourth-order valence-electron chi connectivity index (χ4n) is 3.67. The van der Waals surface area contributed by atoms with Gasteiger partial charge in [-0.2, -0.15) is 4.31 Å². The summed E-state index contributed by atoms with van der Waals surface area (Å²) in [6.07, 6.45) is 1.09. The van der Waals surface area contributed by atoms with Gasteiger partial charge in [0.15, 0.2) is 0 Å². The van der Waals surface area contributed by atoms with Crippen molar-refractivity contribution in [1.82, 2.24) is 9.62 Å². The molecule has 9 heteroatoms. The number of rotatable bonds is 7. The summed E-state index contributed by atoms with van der Waals surface area (Å²) in [7, 11) is -1.99. The molecule has 0 bridgehead atoms. The molecule has 1 aromatic rings. The van der Waals surface area contributed by atoms with Crippen molar-refractivity contribution in [3.8, 4) is 5.75 Å². The molecule has 2 heterocycles. The zero-order valence-corrected chi connectivity index (χ0v) is 17.2. The van der Waals surface area contributed by atoms with Crippen molar-refractivity contribution in [3.63, 3.8) is 0 Å². The van der Waals surface area contributed by atoms with Gasteiger partial charge in [-0.1, -0.05) is 0 Å². The van der Waals surface area contributed by atoms with Crippen LogP contribution in [0.3, 0.4) is 0 Å². The molecule has 8 nitrogen and oxygen atoms in total. The normalized spacial score (nSPS) is 20.0. The van der Waals surface area contributed by atoms with E-state index in [9.17, 15) is 13.2 Å². The fourth-order valence-corrected chi connectivity index (χ4v) is 5.14. The van der Waals surface area contributed by atoms with Crippen molar-refractivity contribution in [2.75, 3.05) is 59.6 Å². The van der Waals surface area contributed by atoms with Gasteiger partial charge in [0.05, 0.1) is 38.3 Å². The molecule has 0 radical (unpaired) electrons. The highest BCUT2D eigenvalue weighted by Crippen LogP contribution is 2.25. The third-order valence-corrected chi connectivity index (χ3v) is 7.41. The van der Waals surface area contributed by atoms with Gasteiger partial charge in [-0.25, -0.2) is 8.42 Å².